The number of rotatable bonds is 1. The molecule has 1 aliphatic rings. The van der Waals surface area contributed by atoms with Gasteiger partial charge in [-0.3, -0.25) is 0 Å². The molecule has 1 aliphatic carbocycles. The lowest BCUT2D eigenvalue weighted by atomic mass is 9.75. The molecule has 0 saturated heterocycles. The van der Waals surface area contributed by atoms with Gasteiger partial charge >= 0.3 is 0 Å². The molecule has 18 heavy (non-hydrogen) atoms. The van der Waals surface area contributed by atoms with Gasteiger partial charge in [-0.15, -0.1) is 0 Å². The van der Waals surface area contributed by atoms with Gasteiger partial charge in [-0.05, 0) is 43.0 Å². The average molecular weight is 234 g/mol. The van der Waals surface area contributed by atoms with Gasteiger partial charge in [0.2, 0.25) is 0 Å². The summed E-state index contributed by atoms with van der Waals surface area (Å²) < 4.78 is 0. The molecular weight excluding hydrogens is 216 g/mol. The zero-order valence-electron chi connectivity index (χ0n) is 11.2. The lowest BCUT2D eigenvalue weighted by Gasteiger charge is -2.28. The molecule has 0 fully saturated rings. The fourth-order valence-corrected chi connectivity index (χ4v) is 3.07. The number of benzene rings is 2. The first-order valence-corrected chi connectivity index (χ1v) is 6.42. The Balaban J connectivity index is 2.42. The van der Waals surface area contributed by atoms with Crippen LogP contribution >= 0.6 is 0 Å². The molecule has 0 heteroatoms. The maximum Gasteiger partial charge on any atom is 0.0390 e. The average Bonchev–Trinajstić information content (AvgIpc) is 2.61. The van der Waals surface area contributed by atoms with Gasteiger partial charge in [0.25, 0.3) is 0 Å². The lowest BCUT2D eigenvalue weighted by Crippen LogP contribution is -2.21. The molecule has 0 amide bonds. The van der Waals surface area contributed by atoms with Crippen molar-refractivity contribution in [2.75, 3.05) is 0 Å². The van der Waals surface area contributed by atoms with E-state index in [0.29, 0.717) is 0 Å². The van der Waals surface area contributed by atoms with Crippen LogP contribution in [0.4, 0.5) is 0 Å². The zero-order valence-corrected chi connectivity index (χ0v) is 11.2. The summed E-state index contributed by atoms with van der Waals surface area (Å²) in [4.78, 5) is 0. The molecule has 0 spiro atoms. The molecule has 90 valence electrons. The van der Waals surface area contributed by atoms with E-state index in [1.807, 2.05) is 0 Å². The standard InChI is InChI=1S/C18H18/c1-12(2)18(4)16-8-6-5-7-14(16)15-10-9-13(3)11-17(15)18/h5-11H,1H2,2-4H3. The highest BCUT2D eigenvalue weighted by molar-refractivity contribution is 5.82. The summed E-state index contributed by atoms with van der Waals surface area (Å²) in [6, 6.07) is 15.4. The Kier molecular flexibility index (Phi) is 2.25. The molecule has 1 atom stereocenters. The van der Waals surface area contributed by atoms with E-state index in [-0.39, 0.29) is 5.41 Å². The van der Waals surface area contributed by atoms with Crippen molar-refractivity contribution < 1.29 is 0 Å². The maximum absolute atomic E-state index is 4.24. The molecule has 0 N–H and O–H groups in total. The number of hydrogen-bond acceptors (Lipinski definition) is 0. The Hall–Kier alpha value is -1.82. The molecule has 2 aromatic carbocycles. The minimum atomic E-state index is -0.0437. The largest absolute Gasteiger partial charge is 0.0989 e. The van der Waals surface area contributed by atoms with E-state index in [1.165, 1.54) is 33.4 Å². The fraction of sp³-hybridized carbons (Fsp3) is 0.222. The summed E-state index contributed by atoms with van der Waals surface area (Å²) in [6.07, 6.45) is 0. The quantitative estimate of drug-likeness (QED) is 0.618. The topological polar surface area (TPSA) is 0 Å². The van der Waals surface area contributed by atoms with Crippen molar-refractivity contribution in [2.24, 2.45) is 0 Å². The van der Waals surface area contributed by atoms with Crippen molar-refractivity contribution in [3.05, 3.63) is 71.3 Å². The highest BCUT2D eigenvalue weighted by Gasteiger charge is 2.39. The molecule has 0 radical (unpaired) electrons. The molecule has 0 bridgehead atoms. The molecule has 2 aromatic rings. The van der Waals surface area contributed by atoms with E-state index in [0.717, 1.165) is 0 Å². The first kappa shape index (κ1) is 11.3. The van der Waals surface area contributed by atoms with E-state index in [2.05, 4.69) is 69.8 Å². The van der Waals surface area contributed by atoms with Crippen LogP contribution in [-0.4, -0.2) is 0 Å². The molecule has 0 aromatic heterocycles. The summed E-state index contributed by atoms with van der Waals surface area (Å²) in [5.41, 5.74) is 7.99. The third kappa shape index (κ3) is 1.26. The molecule has 3 rings (SSSR count). The normalized spacial score (nSPS) is 20.4. The van der Waals surface area contributed by atoms with Gasteiger partial charge in [0.05, 0.1) is 0 Å². The summed E-state index contributed by atoms with van der Waals surface area (Å²) in [6.45, 7) is 10.8. The van der Waals surface area contributed by atoms with Crippen LogP contribution in [0.15, 0.2) is 54.6 Å². The van der Waals surface area contributed by atoms with Crippen molar-refractivity contribution >= 4 is 0 Å². The zero-order chi connectivity index (χ0) is 12.9. The van der Waals surface area contributed by atoms with Gasteiger partial charge in [0, 0.05) is 5.41 Å². The van der Waals surface area contributed by atoms with Gasteiger partial charge in [-0.25, -0.2) is 0 Å². The molecule has 0 nitrogen and oxygen atoms in total. The van der Waals surface area contributed by atoms with E-state index >= 15 is 0 Å². The Morgan fingerprint density at radius 2 is 1.67 bits per heavy atom. The monoisotopic (exact) mass is 234 g/mol. The third-order valence-corrected chi connectivity index (χ3v) is 4.32. The number of aryl methyl sites for hydroxylation is 1. The van der Waals surface area contributed by atoms with Gasteiger partial charge in [0.15, 0.2) is 0 Å². The van der Waals surface area contributed by atoms with Crippen LogP contribution in [0.2, 0.25) is 0 Å². The van der Waals surface area contributed by atoms with Crippen LogP contribution in [-0.2, 0) is 5.41 Å². The fourth-order valence-electron chi connectivity index (χ4n) is 3.07. The second-order valence-electron chi connectivity index (χ2n) is 5.50. The second kappa shape index (κ2) is 3.58. The van der Waals surface area contributed by atoms with Crippen LogP contribution in [0.3, 0.4) is 0 Å². The van der Waals surface area contributed by atoms with Crippen molar-refractivity contribution in [1.29, 1.82) is 0 Å². The van der Waals surface area contributed by atoms with E-state index in [9.17, 15) is 0 Å². The molecule has 0 heterocycles. The molecule has 0 saturated carbocycles. The van der Waals surface area contributed by atoms with Crippen LogP contribution in [0.25, 0.3) is 11.1 Å². The highest BCUT2D eigenvalue weighted by Crippen LogP contribution is 2.51. The van der Waals surface area contributed by atoms with Crippen molar-refractivity contribution in [1.82, 2.24) is 0 Å². The van der Waals surface area contributed by atoms with E-state index < -0.39 is 0 Å². The smallest absolute Gasteiger partial charge is 0.0390 e. The first-order chi connectivity index (χ1) is 8.55. The predicted molar refractivity (Wildman–Crippen MR) is 77.9 cm³/mol. The van der Waals surface area contributed by atoms with Crippen LogP contribution in [0, 0.1) is 6.92 Å². The van der Waals surface area contributed by atoms with Crippen molar-refractivity contribution in [3.63, 3.8) is 0 Å². The van der Waals surface area contributed by atoms with Gasteiger partial charge < -0.3 is 0 Å². The second-order valence-corrected chi connectivity index (χ2v) is 5.50. The summed E-state index contributed by atoms with van der Waals surface area (Å²) in [5.74, 6) is 0. The van der Waals surface area contributed by atoms with Gasteiger partial charge in [0.1, 0.15) is 0 Å². The van der Waals surface area contributed by atoms with Gasteiger partial charge in [-0.1, -0.05) is 60.2 Å². The minimum Gasteiger partial charge on any atom is -0.0989 e. The Labute approximate surface area is 109 Å². The van der Waals surface area contributed by atoms with Gasteiger partial charge in [-0.2, -0.15) is 0 Å². The molecular formula is C18H18. The van der Waals surface area contributed by atoms with Crippen LogP contribution in [0.5, 0.6) is 0 Å². The third-order valence-electron chi connectivity index (χ3n) is 4.32. The lowest BCUT2D eigenvalue weighted by molar-refractivity contribution is 0.696. The summed E-state index contributed by atoms with van der Waals surface area (Å²) in [7, 11) is 0. The Bertz CT molecular complexity index is 649. The van der Waals surface area contributed by atoms with E-state index in [4.69, 9.17) is 0 Å². The van der Waals surface area contributed by atoms with Crippen molar-refractivity contribution in [2.45, 2.75) is 26.2 Å². The van der Waals surface area contributed by atoms with Crippen LogP contribution in [0.1, 0.15) is 30.5 Å². The van der Waals surface area contributed by atoms with E-state index in [1.54, 1.807) is 0 Å². The maximum atomic E-state index is 4.24. The molecule has 1 unspecified atom stereocenters. The molecule has 0 aliphatic heterocycles. The Morgan fingerprint density at radius 1 is 1.00 bits per heavy atom. The van der Waals surface area contributed by atoms with Crippen molar-refractivity contribution in [3.8, 4) is 11.1 Å². The SMILES string of the molecule is C=C(C)C1(C)c2ccccc2-c2ccc(C)cc21. The predicted octanol–water partition coefficient (Wildman–Crippen LogP) is 4.86. The number of hydrogen-bond donors (Lipinski definition) is 0. The Morgan fingerprint density at radius 3 is 2.39 bits per heavy atom. The highest BCUT2D eigenvalue weighted by atomic mass is 14.4. The first-order valence-electron chi connectivity index (χ1n) is 6.42. The summed E-state index contributed by atoms with van der Waals surface area (Å²) in [5, 5.41) is 0. The number of fused-ring (bicyclic) bond motifs is 3. The summed E-state index contributed by atoms with van der Waals surface area (Å²) >= 11 is 0. The number of allylic oxidation sites excluding steroid dienone is 1. The van der Waals surface area contributed by atoms with Crippen LogP contribution < -0.4 is 0 Å². The minimum absolute atomic E-state index is 0.0437.